The number of morpholine rings is 1. The minimum absolute atomic E-state index is 0.359. The molecule has 1 aromatic rings. The van der Waals surface area contributed by atoms with Crippen molar-refractivity contribution >= 4 is 11.6 Å². The van der Waals surface area contributed by atoms with Crippen LogP contribution in [-0.4, -0.2) is 35.3 Å². The molecule has 2 aliphatic rings. The van der Waals surface area contributed by atoms with Crippen LogP contribution in [-0.2, 0) is 4.74 Å². The highest BCUT2D eigenvalue weighted by atomic mass is 16.5. The van der Waals surface area contributed by atoms with E-state index in [4.69, 9.17) is 10.6 Å². The number of nitrogens with zero attached hydrogens (tertiary/aromatic N) is 3. The van der Waals surface area contributed by atoms with Crippen LogP contribution in [0, 0.1) is 13.8 Å². The van der Waals surface area contributed by atoms with Gasteiger partial charge in [-0.15, -0.1) is 0 Å². The van der Waals surface area contributed by atoms with Crippen molar-refractivity contribution in [3.05, 3.63) is 11.4 Å². The molecule has 1 aromatic heterocycles. The third kappa shape index (κ3) is 2.15. The summed E-state index contributed by atoms with van der Waals surface area (Å²) in [6.07, 6.45) is 3.93. The number of nitrogens with one attached hydrogen (secondary N) is 1. The van der Waals surface area contributed by atoms with Crippen molar-refractivity contribution in [1.82, 2.24) is 9.97 Å². The van der Waals surface area contributed by atoms with E-state index in [1.165, 1.54) is 12.8 Å². The molecule has 19 heavy (non-hydrogen) atoms. The molecule has 1 aliphatic heterocycles. The molecule has 6 heteroatoms. The summed E-state index contributed by atoms with van der Waals surface area (Å²) in [5.74, 6) is 8.00. The standard InChI is InChI=1S/C13H21N5O/c1-8-12(17-14)15-9(2)16-13(8)18-6-7-19-11-5-3-4-10(11)18/h10-11H,3-7,14H2,1-2H3,(H,15,16,17). The summed E-state index contributed by atoms with van der Waals surface area (Å²) >= 11 is 0. The summed E-state index contributed by atoms with van der Waals surface area (Å²) in [5, 5.41) is 0. The molecule has 0 aromatic carbocycles. The molecule has 1 aliphatic carbocycles. The highest BCUT2D eigenvalue weighted by Crippen LogP contribution is 2.34. The van der Waals surface area contributed by atoms with Gasteiger partial charge in [0.1, 0.15) is 17.5 Å². The van der Waals surface area contributed by atoms with Crippen LogP contribution in [0.3, 0.4) is 0 Å². The van der Waals surface area contributed by atoms with E-state index in [-0.39, 0.29) is 0 Å². The van der Waals surface area contributed by atoms with Crippen LogP contribution < -0.4 is 16.2 Å². The Hall–Kier alpha value is -1.40. The summed E-state index contributed by atoms with van der Waals surface area (Å²) in [6.45, 7) is 5.58. The van der Waals surface area contributed by atoms with Gasteiger partial charge in [0.25, 0.3) is 0 Å². The zero-order valence-corrected chi connectivity index (χ0v) is 11.5. The molecule has 2 heterocycles. The lowest BCUT2D eigenvalue weighted by atomic mass is 10.1. The average Bonchev–Trinajstić information content (AvgIpc) is 2.89. The number of hydrogen-bond acceptors (Lipinski definition) is 6. The minimum atomic E-state index is 0.359. The normalized spacial score (nSPS) is 26.4. The van der Waals surface area contributed by atoms with Gasteiger partial charge in [0.2, 0.25) is 0 Å². The van der Waals surface area contributed by atoms with Crippen molar-refractivity contribution in [1.29, 1.82) is 0 Å². The topological polar surface area (TPSA) is 76.3 Å². The van der Waals surface area contributed by atoms with Gasteiger partial charge in [-0.25, -0.2) is 15.8 Å². The Morgan fingerprint density at radius 2 is 2.16 bits per heavy atom. The van der Waals surface area contributed by atoms with Crippen molar-refractivity contribution in [3.8, 4) is 0 Å². The summed E-state index contributed by atoms with van der Waals surface area (Å²) in [7, 11) is 0. The minimum Gasteiger partial charge on any atom is -0.374 e. The third-order valence-electron chi connectivity index (χ3n) is 4.12. The number of nitrogens with two attached hydrogens (primary N) is 1. The Balaban J connectivity index is 1.98. The largest absolute Gasteiger partial charge is 0.374 e. The maximum absolute atomic E-state index is 5.85. The van der Waals surface area contributed by atoms with E-state index >= 15 is 0 Å². The Kier molecular flexibility index (Phi) is 3.28. The van der Waals surface area contributed by atoms with Crippen molar-refractivity contribution in [2.75, 3.05) is 23.5 Å². The lowest BCUT2D eigenvalue weighted by Crippen LogP contribution is -2.49. The lowest BCUT2D eigenvalue weighted by Gasteiger charge is -2.39. The van der Waals surface area contributed by atoms with Crippen LogP contribution in [0.1, 0.15) is 30.7 Å². The number of aryl methyl sites for hydroxylation is 1. The fourth-order valence-corrected chi connectivity index (χ4v) is 3.22. The molecule has 0 radical (unpaired) electrons. The van der Waals surface area contributed by atoms with Gasteiger partial charge in [0.15, 0.2) is 0 Å². The van der Waals surface area contributed by atoms with Gasteiger partial charge in [-0.2, -0.15) is 0 Å². The maximum atomic E-state index is 5.85. The predicted molar refractivity (Wildman–Crippen MR) is 74.0 cm³/mol. The second kappa shape index (κ2) is 4.94. The molecule has 6 nitrogen and oxygen atoms in total. The quantitative estimate of drug-likeness (QED) is 0.615. The highest BCUT2D eigenvalue weighted by Gasteiger charge is 2.37. The van der Waals surface area contributed by atoms with Crippen LogP contribution >= 0.6 is 0 Å². The Morgan fingerprint density at radius 1 is 1.32 bits per heavy atom. The number of ether oxygens (including phenoxy) is 1. The van der Waals surface area contributed by atoms with Gasteiger partial charge < -0.3 is 15.1 Å². The van der Waals surface area contributed by atoms with Crippen LogP contribution in [0.5, 0.6) is 0 Å². The molecule has 2 fully saturated rings. The molecule has 104 valence electrons. The molecule has 1 saturated heterocycles. The summed E-state index contributed by atoms with van der Waals surface area (Å²) < 4.78 is 5.85. The zero-order valence-electron chi connectivity index (χ0n) is 11.5. The Bertz CT molecular complexity index is 478. The number of rotatable bonds is 2. The molecule has 0 bridgehead atoms. The first-order chi connectivity index (χ1) is 9.20. The van der Waals surface area contributed by atoms with Crippen molar-refractivity contribution in [2.45, 2.75) is 45.3 Å². The van der Waals surface area contributed by atoms with Crippen molar-refractivity contribution < 1.29 is 4.74 Å². The summed E-state index contributed by atoms with van der Waals surface area (Å²) in [6, 6.07) is 0.451. The lowest BCUT2D eigenvalue weighted by molar-refractivity contribution is 0.0252. The van der Waals surface area contributed by atoms with Crippen molar-refractivity contribution in [3.63, 3.8) is 0 Å². The Labute approximate surface area is 113 Å². The first-order valence-corrected chi connectivity index (χ1v) is 6.91. The molecular formula is C13H21N5O. The smallest absolute Gasteiger partial charge is 0.148 e. The van der Waals surface area contributed by atoms with Crippen LogP contribution in [0.4, 0.5) is 11.6 Å². The van der Waals surface area contributed by atoms with E-state index < -0.39 is 0 Å². The molecule has 1 saturated carbocycles. The predicted octanol–water partition coefficient (Wildman–Crippen LogP) is 1.14. The third-order valence-corrected chi connectivity index (χ3v) is 4.12. The van der Waals surface area contributed by atoms with Gasteiger partial charge in [-0.1, -0.05) is 0 Å². The average molecular weight is 263 g/mol. The van der Waals surface area contributed by atoms with Gasteiger partial charge in [0, 0.05) is 12.1 Å². The second-order valence-electron chi connectivity index (χ2n) is 5.31. The molecule has 3 rings (SSSR count). The number of nitrogen functional groups attached to an aromatic ring is 1. The van der Waals surface area contributed by atoms with E-state index in [9.17, 15) is 0 Å². The number of hydrogen-bond donors (Lipinski definition) is 2. The number of hydrazine groups is 1. The molecule has 2 atom stereocenters. The number of aromatic nitrogens is 2. The molecule has 3 N–H and O–H groups in total. The zero-order chi connectivity index (χ0) is 13.4. The van der Waals surface area contributed by atoms with Crippen LogP contribution in [0.15, 0.2) is 0 Å². The van der Waals surface area contributed by atoms with Gasteiger partial charge in [0.05, 0.1) is 18.8 Å². The maximum Gasteiger partial charge on any atom is 0.148 e. The van der Waals surface area contributed by atoms with Crippen LogP contribution in [0.25, 0.3) is 0 Å². The van der Waals surface area contributed by atoms with Crippen molar-refractivity contribution in [2.24, 2.45) is 5.84 Å². The SMILES string of the molecule is Cc1nc(NN)c(C)c(N2CCOC3CCCC32)n1. The fourth-order valence-electron chi connectivity index (χ4n) is 3.22. The monoisotopic (exact) mass is 263 g/mol. The van der Waals surface area contributed by atoms with E-state index in [1.807, 2.05) is 13.8 Å². The first kappa shape index (κ1) is 12.6. The number of fused-ring (bicyclic) bond motifs is 1. The Morgan fingerprint density at radius 3 is 2.95 bits per heavy atom. The van der Waals surface area contributed by atoms with E-state index in [0.717, 1.165) is 36.8 Å². The summed E-state index contributed by atoms with van der Waals surface area (Å²) in [4.78, 5) is 11.3. The van der Waals surface area contributed by atoms with Crippen LogP contribution in [0.2, 0.25) is 0 Å². The van der Waals surface area contributed by atoms with E-state index in [0.29, 0.717) is 18.0 Å². The molecule has 0 amide bonds. The first-order valence-electron chi connectivity index (χ1n) is 6.91. The molecule has 2 unspecified atom stereocenters. The fraction of sp³-hybridized carbons (Fsp3) is 0.692. The van der Waals surface area contributed by atoms with E-state index in [2.05, 4.69) is 20.3 Å². The number of anilines is 2. The highest BCUT2D eigenvalue weighted by molar-refractivity contribution is 5.59. The van der Waals surface area contributed by atoms with Gasteiger partial charge in [-0.3, -0.25) is 0 Å². The van der Waals surface area contributed by atoms with Gasteiger partial charge >= 0.3 is 0 Å². The van der Waals surface area contributed by atoms with E-state index in [1.54, 1.807) is 0 Å². The molecular weight excluding hydrogens is 242 g/mol. The second-order valence-corrected chi connectivity index (χ2v) is 5.31. The molecule has 0 spiro atoms. The van der Waals surface area contributed by atoms with Gasteiger partial charge in [-0.05, 0) is 33.1 Å². The summed E-state index contributed by atoms with van der Waals surface area (Å²) in [5.41, 5.74) is 3.68.